The van der Waals surface area contributed by atoms with Crippen LogP contribution in [-0.2, 0) is 0 Å². The van der Waals surface area contributed by atoms with E-state index in [1.165, 1.54) is 18.2 Å². The highest BCUT2D eigenvalue weighted by Gasteiger charge is 2.15. The van der Waals surface area contributed by atoms with E-state index in [0.29, 0.717) is 16.4 Å². The molecule has 2 aromatic carbocycles. The van der Waals surface area contributed by atoms with Crippen LogP contribution in [0.25, 0.3) is 11.3 Å². The molecule has 3 rings (SSSR count). The molecule has 6 nitrogen and oxygen atoms in total. The summed E-state index contributed by atoms with van der Waals surface area (Å²) in [6.45, 7) is -1.02. The second kappa shape index (κ2) is 8.71. The number of nitrogens with one attached hydrogen (secondary N) is 2. The molecule has 0 aliphatic heterocycles. The summed E-state index contributed by atoms with van der Waals surface area (Å²) in [5.74, 6) is -0.453. The predicted molar refractivity (Wildman–Crippen MR) is 101 cm³/mol. The Morgan fingerprint density at radius 2 is 1.93 bits per heavy atom. The number of nitrogens with zero attached hydrogens (tertiary/aromatic N) is 1. The number of rotatable bonds is 7. The van der Waals surface area contributed by atoms with Gasteiger partial charge in [0.2, 0.25) is 0 Å². The first kappa shape index (κ1) is 19.6. The fourth-order valence-corrected chi connectivity index (χ4v) is 2.58. The summed E-state index contributed by atoms with van der Waals surface area (Å²) in [5, 5.41) is 10.0. The van der Waals surface area contributed by atoms with Crippen molar-refractivity contribution in [2.45, 2.75) is 13.5 Å². The fraction of sp³-hybridized carbons (Fsp3) is 0.158. The van der Waals surface area contributed by atoms with Crippen molar-refractivity contribution in [2.75, 3.05) is 11.9 Å². The maximum Gasteiger partial charge on any atom is 0.387 e. The van der Waals surface area contributed by atoms with Gasteiger partial charge in [0, 0.05) is 22.3 Å². The highest BCUT2D eigenvalue weighted by atomic mass is 35.5. The number of benzene rings is 2. The van der Waals surface area contributed by atoms with Crippen LogP contribution in [0.1, 0.15) is 17.4 Å². The van der Waals surface area contributed by atoms with E-state index in [-0.39, 0.29) is 23.8 Å². The summed E-state index contributed by atoms with van der Waals surface area (Å²) in [7, 11) is 0. The van der Waals surface area contributed by atoms with E-state index in [4.69, 9.17) is 16.3 Å². The van der Waals surface area contributed by atoms with Crippen LogP contribution in [0.15, 0.2) is 48.5 Å². The van der Waals surface area contributed by atoms with Gasteiger partial charge in [-0.3, -0.25) is 9.89 Å². The molecule has 1 heterocycles. The van der Waals surface area contributed by atoms with Crippen molar-refractivity contribution < 1.29 is 23.0 Å². The molecule has 1 amide bonds. The number of halogens is 3. The van der Waals surface area contributed by atoms with Gasteiger partial charge in [0.05, 0.1) is 12.3 Å². The Morgan fingerprint density at radius 1 is 1.18 bits per heavy atom. The number of hydrogen-bond acceptors (Lipinski definition) is 4. The first-order valence-electron chi connectivity index (χ1n) is 8.30. The van der Waals surface area contributed by atoms with Gasteiger partial charge < -0.3 is 14.8 Å². The highest BCUT2D eigenvalue weighted by Crippen LogP contribution is 2.32. The summed E-state index contributed by atoms with van der Waals surface area (Å²) >= 11 is 5.87. The van der Waals surface area contributed by atoms with E-state index in [2.05, 4.69) is 20.3 Å². The topological polar surface area (TPSA) is 76.2 Å². The Kier molecular flexibility index (Phi) is 6.10. The second-order valence-electron chi connectivity index (χ2n) is 5.60. The molecule has 0 spiro atoms. The van der Waals surface area contributed by atoms with Crippen molar-refractivity contribution in [1.82, 2.24) is 10.2 Å². The average molecular weight is 408 g/mol. The first-order chi connectivity index (χ1) is 13.5. The molecule has 0 aliphatic carbocycles. The maximum atomic E-state index is 12.5. The van der Waals surface area contributed by atoms with Crippen molar-refractivity contribution in [3.05, 3.63) is 59.2 Å². The van der Waals surface area contributed by atoms with Crippen LogP contribution in [0.3, 0.4) is 0 Å². The summed E-state index contributed by atoms with van der Waals surface area (Å²) in [6.07, 6.45) is 0. The van der Waals surface area contributed by atoms with Gasteiger partial charge in [0.1, 0.15) is 5.69 Å². The molecule has 3 aromatic rings. The lowest BCUT2D eigenvalue weighted by Crippen LogP contribution is -2.13. The minimum absolute atomic E-state index is 0.104. The van der Waals surface area contributed by atoms with Crippen LogP contribution >= 0.6 is 11.6 Å². The van der Waals surface area contributed by atoms with Gasteiger partial charge in [-0.1, -0.05) is 23.7 Å². The Balaban J connectivity index is 1.75. The lowest BCUT2D eigenvalue weighted by atomic mass is 10.1. The number of anilines is 1. The molecule has 2 N–H and O–H groups in total. The van der Waals surface area contributed by atoms with E-state index in [1.54, 1.807) is 37.3 Å². The van der Waals surface area contributed by atoms with Gasteiger partial charge in [-0.05, 0) is 37.3 Å². The quantitative estimate of drug-likeness (QED) is 0.579. The molecule has 0 bridgehead atoms. The number of carbonyl (C=O) groups is 1. The van der Waals surface area contributed by atoms with Crippen LogP contribution < -0.4 is 14.8 Å². The number of alkyl halides is 2. The molecular formula is C19H16ClF2N3O3. The largest absolute Gasteiger partial charge is 0.490 e. The standard InChI is InChI=1S/C19H16ClF2N3O3/c1-2-27-17-9-13(7-8-16(17)28-19(21)22)23-18(26)15-10-14(24-25-15)11-3-5-12(20)6-4-11/h3-10,19H,2H2,1H3,(H,23,26)(H,24,25). The lowest BCUT2D eigenvalue weighted by molar-refractivity contribution is -0.0514. The molecule has 0 saturated carbocycles. The maximum absolute atomic E-state index is 12.5. The second-order valence-corrected chi connectivity index (χ2v) is 6.04. The number of aromatic amines is 1. The molecule has 0 aliphatic rings. The van der Waals surface area contributed by atoms with Crippen LogP contribution in [0.5, 0.6) is 11.5 Å². The van der Waals surface area contributed by atoms with Gasteiger partial charge in [-0.2, -0.15) is 13.9 Å². The van der Waals surface area contributed by atoms with E-state index in [9.17, 15) is 13.6 Å². The Hall–Kier alpha value is -3.13. The Bertz CT molecular complexity index is 961. The molecule has 0 atom stereocenters. The highest BCUT2D eigenvalue weighted by molar-refractivity contribution is 6.30. The number of aromatic nitrogens is 2. The summed E-state index contributed by atoms with van der Waals surface area (Å²) in [5.41, 5.74) is 1.97. The smallest absolute Gasteiger partial charge is 0.387 e. The molecule has 1 aromatic heterocycles. The zero-order valence-corrected chi connectivity index (χ0v) is 15.5. The molecule has 146 valence electrons. The normalized spacial score (nSPS) is 10.8. The third kappa shape index (κ3) is 4.77. The number of amides is 1. The van der Waals surface area contributed by atoms with E-state index in [1.807, 2.05) is 0 Å². The van der Waals surface area contributed by atoms with E-state index < -0.39 is 12.5 Å². The number of ether oxygens (including phenoxy) is 2. The summed E-state index contributed by atoms with van der Waals surface area (Å²) in [6, 6.07) is 12.8. The lowest BCUT2D eigenvalue weighted by Gasteiger charge is -2.13. The van der Waals surface area contributed by atoms with Crippen molar-refractivity contribution in [3.8, 4) is 22.8 Å². The SMILES string of the molecule is CCOc1cc(NC(=O)c2cc(-c3ccc(Cl)cc3)n[nH]2)ccc1OC(F)F. The monoisotopic (exact) mass is 407 g/mol. The molecule has 0 radical (unpaired) electrons. The molecule has 9 heteroatoms. The number of H-pyrrole nitrogens is 1. The minimum Gasteiger partial charge on any atom is -0.490 e. The molecule has 0 saturated heterocycles. The Labute approximate surface area is 164 Å². The molecular weight excluding hydrogens is 392 g/mol. The van der Waals surface area contributed by atoms with E-state index in [0.717, 1.165) is 5.56 Å². The van der Waals surface area contributed by atoms with E-state index >= 15 is 0 Å². The van der Waals surface area contributed by atoms with Crippen molar-refractivity contribution >= 4 is 23.2 Å². The average Bonchev–Trinajstić information content (AvgIpc) is 3.14. The van der Waals surface area contributed by atoms with Gasteiger partial charge >= 0.3 is 6.61 Å². The molecule has 28 heavy (non-hydrogen) atoms. The number of carbonyl (C=O) groups excluding carboxylic acids is 1. The van der Waals surface area contributed by atoms with Crippen molar-refractivity contribution in [3.63, 3.8) is 0 Å². The van der Waals surface area contributed by atoms with Crippen LogP contribution in [0.4, 0.5) is 14.5 Å². The molecule has 0 unspecified atom stereocenters. The third-order valence-electron chi connectivity index (χ3n) is 3.68. The molecule has 0 fully saturated rings. The van der Waals surface area contributed by atoms with Crippen molar-refractivity contribution in [1.29, 1.82) is 0 Å². The van der Waals surface area contributed by atoms with Gasteiger partial charge in [0.25, 0.3) is 5.91 Å². The summed E-state index contributed by atoms with van der Waals surface area (Å²) < 4.78 is 34.6. The summed E-state index contributed by atoms with van der Waals surface area (Å²) in [4.78, 5) is 12.4. The fourth-order valence-electron chi connectivity index (χ4n) is 2.45. The zero-order valence-electron chi connectivity index (χ0n) is 14.7. The van der Waals surface area contributed by atoms with Crippen LogP contribution in [0, 0.1) is 0 Å². The zero-order chi connectivity index (χ0) is 20.1. The van der Waals surface area contributed by atoms with Gasteiger partial charge in [-0.25, -0.2) is 0 Å². The van der Waals surface area contributed by atoms with Crippen LogP contribution in [-0.4, -0.2) is 29.3 Å². The van der Waals surface area contributed by atoms with Crippen LogP contribution in [0.2, 0.25) is 5.02 Å². The first-order valence-corrected chi connectivity index (χ1v) is 8.68. The predicted octanol–water partition coefficient (Wildman–Crippen LogP) is 4.98. The van der Waals surface area contributed by atoms with Crippen molar-refractivity contribution in [2.24, 2.45) is 0 Å². The van der Waals surface area contributed by atoms with Gasteiger partial charge in [-0.15, -0.1) is 0 Å². The minimum atomic E-state index is -2.98. The Morgan fingerprint density at radius 3 is 2.61 bits per heavy atom. The van der Waals surface area contributed by atoms with Gasteiger partial charge in [0.15, 0.2) is 11.5 Å². The third-order valence-corrected chi connectivity index (χ3v) is 3.93. The number of hydrogen-bond donors (Lipinski definition) is 2.